The molecule has 0 aliphatic heterocycles. The molecule has 2 aromatic carbocycles. The van der Waals surface area contributed by atoms with Gasteiger partial charge in [0.2, 0.25) is 0 Å². The Balaban J connectivity index is 1.72. The molecule has 0 spiro atoms. The Hall–Kier alpha value is -1.53. The van der Waals surface area contributed by atoms with Crippen LogP contribution in [0.25, 0.3) is 0 Å². The molecule has 0 aromatic heterocycles. The van der Waals surface area contributed by atoms with Crippen LogP contribution in [0.4, 0.5) is 0 Å². The van der Waals surface area contributed by atoms with E-state index in [1.54, 1.807) is 11.8 Å². The van der Waals surface area contributed by atoms with Crippen LogP contribution in [0.2, 0.25) is 0 Å². The second-order valence-electron chi connectivity index (χ2n) is 4.15. The van der Waals surface area contributed by atoms with Crippen molar-refractivity contribution in [2.24, 2.45) is 0 Å². The molecule has 0 saturated carbocycles. The largest absolute Gasteiger partial charge is 0.494 e. The van der Waals surface area contributed by atoms with Gasteiger partial charge in [-0.1, -0.05) is 35.0 Å². The summed E-state index contributed by atoms with van der Waals surface area (Å²) in [5.41, 5.74) is 0. The van der Waals surface area contributed by atoms with Gasteiger partial charge >= 0.3 is 0 Å². The number of rotatable bonds is 9. The maximum absolute atomic E-state index is 5.61. The molecular formula is C16H18O4S. The van der Waals surface area contributed by atoms with E-state index in [0.717, 1.165) is 12.2 Å². The summed E-state index contributed by atoms with van der Waals surface area (Å²) in [5, 5.41) is 4.30. The molecule has 112 valence electrons. The monoisotopic (exact) mass is 306 g/mol. The van der Waals surface area contributed by atoms with Crippen molar-refractivity contribution in [2.75, 3.05) is 20.3 Å². The van der Waals surface area contributed by atoms with E-state index in [0.29, 0.717) is 13.2 Å². The molecule has 0 N–H and O–H groups in total. The lowest BCUT2D eigenvalue weighted by molar-refractivity contribution is -0.502. The lowest BCUT2D eigenvalue weighted by Gasteiger charge is -2.07. The van der Waals surface area contributed by atoms with Gasteiger partial charge in [0.25, 0.3) is 0 Å². The average molecular weight is 306 g/mol. The van der Waals surface area contributed by atoms with Crippen molar-refractivity contribution in [1.29, 1.82) is 0 Å². The molecule has 0 fully saturated rings. The van der Waals surface area contributed by atoms with Crippen LogP contribution in [0.1, 0.15) is 6.42 Å². The molecule has 0 radical (unpaired) electrons. The van der Waals surface area contributed by atoms with E-state index in [1.165, 1.54) is 16.9 Å². The fourth-order valence-corrected chi connectivity index (χ4v) is 2.46. The topological polar surface area (TPSA) is 36.9 Å². The van der Waals surface area contributed by atoms with E-state index in [-0.39, 0.29) is 0 Å². The van der Waals surface area contributed by atoms with E-state index in [4.69, 9.17) is 9.62 Å². The second kappa shape index (κ2) is 9.41. The first-order chi connectivity index (χ1) is 10.4. The van der Waals surface area contributed by atoms with Crippen LogP contribution in [0.5, 0.6) is 5.75 Å². The fraction of sp³-hybridized carbons (Fsp3) is 0.250. The van der Waals surface area contributed by atoms with Crippen LogP contribution < -0.4 is 4.74 Å². The molecule has 0 bridgehead atoms. The van der Waals surface area contributed by atoms with Gasteiger partial charge in [0, 0.05) is 16.2 Å². The SMILES string of the molecule is COOOCCCOc1ccc(Sc2ccccc2)cc1. The van der Waals surface area contributed by atoms with Gasteiger partial charge in [-0.15, -0.1) is 0 Å². The highest BCUT2D eigenvalue weighted by Crippen LogP contribution is 2.28. The molecule has 2 rings (SSSR count). The summed E-state index contributed by atoms with van der Waals surface area (Å²) in [7, 11) is 1.39. The van der Waals surface area contributed by atoms with Gasteiger partial charge in [-0.05, 0) is 36.4 Å². The fourth-order valence-electron chi connectivity index (χ4n) is 1.62. The van der Waals surface area contributed by atoms with E-state index in [9.17, 15) is 0 Å². The van der Waals surface area contributed by atoms with Crippen LogP contribution in [-0.2, 0) is 14.8 Å². The second-order valence-corrected chi connectivity index (χ2v) is 5.29. The highest BCUT2D eigenvalue weighted by Gasteiger charge is 1.98. The van der Waals surface area contributed by atoms with Gasteiger partial charge in [-0.3, -0.25) is 0 Å². The molecule has 5 heteroatoms. The standard InChI is InChI=1S/C16H18O4S/c1-17-20-19-13-5-12-18-14-8-10-16(11-9-14)21-15-6-3-2-4-7-15/h2-4,6-11H,5,12-13H2,1H3. The predicted octanol–water partition coefficient (Wildman–Crippen LogP) is 4.12. The first-order valence-corrected chi connectivity index (χ1v) is 7.48. The summed E-state index contributed by atoms with van der Waals surface area (Å²) >= 11 is 1.73. The smallest absolute Gasteiger partial charge is 0.119 e. The van der Waals surface area contributed by atoms with Crippen LogP contribution in [-0.4, -0.2) is 20.3 Å². The summed E-state index contributed by atoms with van der Waals surface area (Å²) in [4.78, 5) is 11.4. The van der Waals surface area contributed by atoms with Crippen LogP contribution in [0, 0.1) is 0 Å². The van der Waals surface area contributed by atoms with Gasteiger partial charge in [0.1, 0.15) is 5.75 Å². The predicted molar refractivity (Wildman–Crippen MR) is 81.2 cm³/mol. The van der Waals surface area contributed by atoms with Crippen LogP contribution >= 0.6 is 11.8 Å². The normalized spacial score (nSPS) is 10.5. The van der Waals surface area contributed by atoms with E-state index >= 15 is 0 Å². The third-order valence-corrected chi connectivity index (χ3v) is 3.58. The molecule has 0 aliphatic carbocycles. The van der Waals surface area contributed by atoms with Gasteiger partial charge in [-0.2, -0.15) is 0 Å². The van der Waals surface area contributed by atoms with Crippen molar-refractivity contribution in [1.82, 2.24) is 0 Å². The summed E-state index contributed by atoms with van der Waals surface area (Å²) < 4.78 is 5.61. The zero-order valence-corrected chi connectivity index (χ0v) is 12.7. The molecular weight excluding hydrogens is 288 g/mol. The molecule has 0 aliphatic rings. The quantitative estimate of drug-likeness (QED) is 0.396. The molecule has 4 nitrogen and oxygen atoms in total. The number of hydrogen-bond acceptors (Lipinski definition) is 5. The number of hydrogen-bond donors (Lipinski definition) is 0. The Labute approximate surface area is 128 Å². The van der Waals surface area contributed by atoms with Crippen LogP contribution in [0.3, 0.4) is 0 Å². The molecule has 0 atom stereocenters. The molecule has 0 amide bonds. The Bertz CT molecular complexity index is 501. The Morgan fingerprint density at radius 2 is 1.57 bits per heavy atom. The van der Waals surface area contributed by atoms with E-state index < -0.39 is 0 Å². The van der Waals surface area contributed by atoms with Gasteiger partial charge in [-0.25, -0.2) is 9.78 Å². The number of ether oxygens (including phenoxy) is 1. The minimum Gasteiger partial charge on any atom is -0.494 e. The van der Waals surface area contributed by atoms with Crippen molar-refractivity contribution in [2.45, 2.75) is 16.2 Å². The number of benzene rings is 2. The zero-order chi connectivity index (χ0) is 14.8. The summed E-state index contributed by atoms with van der Waals surface area (Å²) in [6.45, 7) is 0.994. The maximum Gasteiger partial charge on any atom is 0.119 e. The first kappa shape index (κ1) is 15.9. The van der Waals surface area contributed by atoms with Crippen molar-refractivity contribution < 1.29 is 19.6 Å². The maximum atomic E-state index is 5.61. The lowest BCUT2D eigenvalue weighted by Crippen LogP contribution is -2.03. The highest BCUT2D eigenvalue weighted by molar-refractivity contribution is 7.99. The third-order valence-electron chi connectivity index (χ3n) is 2.56. The summed E-state index contributed by atoms with van der Waals surface area (Å²) in [5.74, 6) is 0.847. The van der Waals surface area contributed by atoms with Crippen molar-refractivity contribution >= 4 is 11.8 Å². The summed E-state index contributed by atoms with van der Waals surface area (Å²) in [6.07, 6.45) is 0.726. The minimum atomic E-state index is 0.426. The minimum absolute atomic E-state index is 0.426. The molecule has 21 heavy (non-hydrogen) atoms. The first-order valence-electron chi connectivity index (χ1n) is 6.66. The Morgan fingerprint density at radius 3 is 2.29 bits per heavy atom. The molecule has 0 unspecified atom stereocenters. The average Bonchev–Trinajstić information content (AvgIpc) is 2.53. The zero-order valence-electron chi connectivity index (χ0n) is 11.9. The summed E-state index contributed by atoms with van der Waals surface area (Å²) in [6, 6.07) is 18.3. The van der Waals surface area contributed by atoms with Gasteiger partial charge in [0.15, 0.2) is 0 Å². The Kier molecular flexibility index (Phi) is 7.11. The van der Waals surface area contributed by atoms with Gasteiger partial charge in [0.05, 0.1) is 20.3 Å². The van der Waals surface area contributed by atoms with E-state index in [1.807, 2.05) is 30.3 Å². The third kappa shape index (κ3) is 6.18. The Morgan fingerprint density at radius 1 is 0.857 bits per heavy atom. The molecule has 2 aromatic rings. The molecule has 0 saturated heterocycles. The van der Waals surface area contributed by atoms with Gasteiger partial charge < -0.3 is 4.74 Å². The highest BCUT2D eigenvalue weighted by atomic mass is 32.2. The van der Waals surface area contributed by atoms with E-state index in [2.05, 4.69) is 34.2 Å². The van der Waals surface area contributed by atoms with Crippen molar-refractivity contribution in [3.8, 4) is 5.75 Å². The lowest BCUT2D eigenvalue weighted by atomic mass is 10.3. The van der Waals surface area contributed by atoms with Crippen LogP contribution in [0.15, 0.2) is 64.4 Å². The van der Waals surface area contributed by atoms with Crippen molar-refractivity contribution in [3.05, 3.63) is 54.6 Å². The molecule has 0 heterocycles. The van der Waals surface area contributed by atoms with Crippen molar-refractivity contribution in [3.63, 3.8) is 0 Å².